The molecular formula is C34H26O4. The zero-order valence-corrected chi connectivity index (χ0v) is 20.7. The lowest BCUT2D eigenvalue weighted by Gasteiger charge is -2.20. The lowest BCUT2D eigenvalue weighted by Crippen LogP contribution is -2.08. The van der Waals surface area contributed by atoms with Gasteiger partial charge in [-0.25, -0.2) is 0 Å². The first-order chi connectivity index (χ1) is 18.9. The third-order valence-electron chi connectivity index (χ3n) is 6.40. The summed E-state index contributed by atoms with van der Waals surface area (Å²) in [6, 6.07) is 44.0. The van der Waals surface area contributed by atoms with Crippen molar-refractivity contribution in [3.63, 3.8) is 0 Å². The fraction of sp³-hybridized carbons (Fsp3) is 0.0588. The lowest BCUT2D eigenvalue weighted by atomic mass is 9.92. The van der Waals surface area contributed by atoms with Gasteiger partial charge in [-0.3, -0.25) is 0 Å². The van der Waals surface area contributed by atoms with Crippen LogP contribution in [0.1, 0.15) is 0 Å². The van der Waals surface area contributed by atoms with Crippen LogP contribution in [-0.4, -0.2) is 13.6 Å². The molecule has 0 bridgehead atoms. The summed E-state index contributed by atoms with van der Waals surface area (Å²) >= 11 is 0. The number of hydrogen-bond donors (Lipinski definition) is 0. The highest BCUT2D eigenvalue weighted by molar-refractivity contribution is 6.09. The van der Waals surface area contributed by atoms with Gasteiger partial charge in [-0.05, 0) is 57.9 Å². The minimum Gasteiger partial charge on any atom is -0.458 e. The predicted molar refractivity (Wildman–Crippen MR) is 152 cm³/mol. The fourth-order valence-corrected chi connectivity index (χ4v) is 4.61. The van der Waals surface area contributed by atoms with E-state index in [0.717, 1.165) is 44.2 Å². The maximum absolute atomic E-state index is 6.27. The van der Waals surface area contributed by atoms with Gasteiger partial charge in [0.15, 0.2) is 0 Å². The van der Waals surface area contributed by atoms with Gasteiger partial charge in [0.05, 0.1) is 0 Å². The van der Waals surface area contributed by atoms with Crippen LogP contribution >= 0.6 is 0 Å². The molecule has 0 atom stereocenters. The van der Waals surface area contributed by atoms with Gasteiger partial charge >= 0.3 is 0 Å². The van der Waals surface area contributed by atoms with E-state index in [1.54, 1.807) is 0 Å². The Morgan fingerprint density at radius 3 is 1.18 bits per heavy atom. The van der Waals surface area contributed by atoms with Crippen LogP contribution in [0, 0.1) is 0 Å². The SMILES string of the molecule is c1ccc(OCOc2ccc3ccccc3c2-c2c(OCOc3ccccc3)ccc3ccccc23)cc1. The van der Waals surface area contributed by atoms with E-state index in [1.165, 1.54) is 0 Å². The van der Waals surface area contributed by atoms with Crippen molar-refractivity contribution >= 4 is 21.5 Å². The molecular weight excluding hydrogens is 472 g/mol. The van der Waals surface area contributed by atoms with Crippen LogP contribution in [0.5, 0.6) is 23.0 Å². The number of para-hydroxylation sites is 2. The van der Waals surface area contributed by atoms with Gasteiger partial charge in [-0.2, -0.15) is 0 Å². The quantitative estimate of drug-likeness (QED) is 0.187. The van der Waals surface area contributed by atoms with Gasteiger partial charge in [0.2, 0.25) is 13.6 Å². The van der Waals surface area contributed by atoms with Crippen molar-refractivity contribution in [2.45, 2.75) is 0 Å². The van der Waals surface area contributed by atoms with Crippen LogP contribution < -0.4 is 18.9 Å². The molecule has 0 aliphatic heterocycles. The third-order valence-corrected chi connectivity index (χ3v) is 6.40. The first-order valence-electron chi connectivity index (χ1n) is 12.5. The molecule has 0 radical (unpaired) electrons. The van der Waals surface area contributed by atoms with Gasteiger partial charge in [0.1, 0.15) is 23.0 Å². The molecule has 0 N–H and O–H groups in total. The molecule has 6 aromatic rings. The molecule has 0 amide bonds. The Morgan fingerprint density at radius 1 is 0.342 bits per heavy atom. The van der Waals surface area contributed by atoms with Gasteiger partial charge in [0.25, 0.3) is 0 Å². The number of benzene rings is 6. The predicted octanol–water partition coefficient (Wildman–Crippen LogP) is 8.49. The molecule has 0 saturated heterocycles. The Kier molecular flexibility index (Phi) is 6.77. The first kappa shape index (κ1) is 23.4. The highest BCUT2D eigenvalue weighted by atomic mass is 16.7. The molecule has 6 aromatic carbocycles. The topological polar surface area (TPSA) is 36.9 Å². The molecule has 186 valence electrons. The number of fused-ring (bicyclic) bond motifs is 2. The molecule has 6 rings (SSSR count). The monoisotopic (exact) mass is 498 g/mol. The zero-order valence-electron chi connectivity index (χ0n) is 20.7. The minimum absolute atomic E-state index is 0.0768. The number of ether oxygens (including phenoxy) is 4. The van der Waals surface area contributed by atoms with Crippen molar-refractivity contribution in [2.75, 3.05) is 13.6 Å². The van der Waals surface area contributed by atoms with Crippen molar-refractivity contribution < 1.29 is 18.9 Å². The van der Waals surface area contributed by atoms with Crippen LogP contribution in [0.25, 0.3) is 32.7 Å². The summed E-state index contributed by atoms with van der Waals surface area (Å²) in [5.41, 5.74) is 1.90. The zero-order chi connectivity index (χ0) is 25.6. The van der Waals surface area contributed by atoms with E-state index in [0.29, 0.717) is 11.5 Å². The fourth-order valence-electron chi connectivity index (χ4n) is 4.61. The molecule has 0 heterocycles. The van der Waals surface area contributed by atoms with Crippen molar-refractivity contribution in [3.8, 4) is 34.1 Å². The van der Waals surface area contributed by atoms with Crippen LogP contribution in [0.3, 0.4) is 0 Å². The highest BCUT2D eigenvalue weighted by Gasteiger charge is 2.19. The molecule has 4 nitrogen and oxygen atoms in total. The van der Waals surface area contributed by atoms with Crippen molar-refractivity contribution in [3.05, 3.63) is 133 Å². The Hall–Kier alpha value is -4.96. The first-order valence-corrected chi connectivity index (χ1v) is 12.5. The Labute approximate surface area is 221 Å². The van der Waals surface area contributed by atoms with Crippen LogP contribution in [0.4, 0.5) is 0 Å². The molecule has 38 heavy (non-hydrogen) atoms. The maximum Gasteiger partial charge on any atom is 0.230 e. The summed E-state index contributed by atoms with van der Waals surface area (Å²) in [5, 5.41) is 4.35. The van der Waals surface area contributed by atoms with Crippen molar-refractivity contribution in [1.29, 1.82) is 0 Å². The number of hydrogen-bond acceptors (Lipinski definition) is 4. The molecule has 0 saturated carbocycles. The Morgan fingerprint density at radius 2 is 0.737 bits per heavy atom. The van der Waals surface area contributed by atoms with E-state index in [9.17, 15) is 0 Å². The van der Waals surface area contributed by atoms with E-state index >= 15 is 0 Å². The molecule has 4 heteroatoms. The minimum atomic E-state index is 0.0768. The standard InChI is InChI=1S/C34H26O4/c1-3-13-27(14-4-1)35-23-37-31-21-19-25-11-7-9-17-29(25)33(31)34-30-18-10-8-12-26(30)20-22-32(34)38-24-36-28-15-5-2-6-16-28/h1-22H,23-24H2. The van der Waals surface area contributed by atoms with E-state index in [4.69, 9.17) is 18.9 Å². The summed E-state index contributed by atoms with van der Waals surface area (Å²) in [7, 11) is 0. The summed E-state index contributed by atoms with van der Waals surface area (Å²) in [6.45, 7) is 0.154. The second-order valence-corrected chi connectivity index (χ2v) is 8.76. The third kappa shape index (κ3) is 4.97. The molecule has 0 spiro atoms. The van der Waals surface area contributed by atoms with Gasteiger partial charge in [0, 0.05) is 11.1 Å². The van der Waals surface area contributed by atoms with Crippen LogP contribution in [0.2, 0.25) is 0 Å². The normalized spacial score (nSPS) is 10.8. The largest absolute Gasteiger partial charge is 0.458 e. The smallest absolute Gasteiger partial charge is 0.230 e. The Bertz CT molecular complexity index is 1540. The van der Waals surface area contributed by atoms with E-state index in [1.807, 2.05) is 97.1 Å². The van der Waals surface area contributed by atoms with E-state index in [2.05, 4.69) is 36.4 Å². The van der Waals surface area contributed by atoms with Crippen LogP contribution in [-0.2, 0) is 0 Å². The highest BCUT2D eigenvalue weighted by Crippen LogP contribution is 2.45. The van der Waals surface area contributed by atoms with E-state index in [-0.39, 0.29) is 13.6 Å². The van der Waals surface area contributed by atoms with Gasteiger partial charge in [-0.1, -0.05) is 97.1 Å². The lowest BCUT2D eigenvalue weighted by molar-refractivity contribution is 0.118. The molecule has 0 aliphatic carbocycles. The average Bonchev–Trinajstić information content (AvgIpc) is 2.98. The van der Waals surface area contributed by atoms with Gasteiger partial charge in [-0.15, -0.1) is 0 Å². The molecule has 0 aliphatic rings. The summed E-state index contributed by atoms with van der Waals surface area (Å²) in [5.74, 6) is 2.93. The van der Waals surface area contributed by atoms with Crippen molar-refractivity contribution in [2.24, 2.45) is 0 Å². The van der Waals surface area contributed by atoms with E-state index < -0.39 is 0 Å². The summed E-state index contributed by atoms with van der Waals surface area (Å²) in [6.07, 6.45) is 0. The molecule has 0 aromatic heterocycles. The average molecular weight is 499 g/mol. The second-order valence-electron chi connectivity index (χ2n) is 8.76. The van der Waals surface area contributed by atoms with Gasteiger partial charge < -0.3 is 18.9 Å². The molecule has 0 fully saturated rings. The molecule has 0 unspecified atom stereocenters. The number of rotatable bonds is 9. The van der Waals surface area contributed by atoms with Crippen molar-refractivity contribution in [1.82, 2.24) is 0 Å². The van der Waals surface area contributed by atoms with Crippen LogP contribution in [0.15, 0.2) is 133 Å². The Balaban J connectivity index is 1.43. The maximum atomic E-state index is 6.27. The summed E-state index contributed by atoms with van der Waals surface area (Å²) in [4.78, 5) is 0. The summed E-state index contributed by atoms with van der Waals surface area (Å²) < 4.78 is 24.3. The second kappa shape index (κ2) is 11.0.